The molecule has 0 saturated carbocycles. The molecule has 6 N–H and O–H groups in total. The number of aliphatic hydroxyl groups is 2. The number of likely N-dealkylation sites (N-methyl/N-ethyl adjacent to an activating group) is 1. The first-order chi connectivity index (χ1) is 21.6. The standard InChI is InChI=1S/C29H48N4O14.2CH4.4Na/c1-17(34)13-29(47,26(44)45)15-21(36)31-11-7-6-10-19(24(41)42)33-27(2,3)20(35)14-28(46,16-22(37)38)25(43)32-12-8-5-9-18(30-4)23(39)40;;;;;;/h18-19,30,33,46-47H,5-16H2,1-4H3,(H,31,36)(H,32,43)(H,37,38)(H,39,40)(H,41,42)(H,44,45);2*1H4;;;;/q;;;4*+1/p-4. The fourth-order valence-electron chi connectivity index (χ4n) is 4.58. The Morgan fingerprint density at radius 1 is 0.642 bits per heavy atom. The van der Waals surface area contributed by atoms with Gasteiger partial charge in [0.25, 0.3) is 5.91 Å². The Hall–Kier alpha value is -0.000000000000000888. The Labute approximate surface area is 400 Å². The average molecular weight is 797 g/mol. The second-order valence-corrected chi connectivity index (χ2v) is 12.0. The molecule has 53 heavy (non-hydrogen) atoms. The fraction of sp³-hybridized carbons (Fsp3) is 0.742. The molecule has 0 saturated heterocycles. The summed E-state index contributed by atoms with van der Waals surface area (Å²) in [5.74, 6) is -10.5. The van der Waals surface area contributed by atoms with E-state index in [2.05, 4.69) is 21.3 Å². The molecule has 0 spiro atoms. The summed E-state index contributed by atoms with van der Waals surface area (Å²) in [6, 6.07) is -2.37. The van der Waals surface area contributed by atoms with Crippen molar-refractivity contribution in [2.75, 3.05) is 20.1 Å². The average Bonchev–Trinajstić information content (AvgIpc) is 2.92. The van der Waals surface area contributed by atoms with Crippen molar-refractivity contribution >= 4 is 47.3 Å². The van der Waals surface area contributed by atoms with Gasteiger partial charge in [-0.2, -0.15) is 0 Å². The number of Topliss-reactive ketones (excluding diaryl/α,β-unsaturated/α-hetero) is 2. The van der Waals surface area contributed by atoms with Crippen LogP contribution in [0.5, 0.6) is 0 Å². The second-order valence-electron chi connectivity index (χ2n) is 12.0. The van der Waals surface area contributed by atoms with Gasteiger partial charge < -0.3 is 65.8 Å². The zero-order valence-corrected chi connectivity index (χ0v) is 38.9. The third-order valence-electron chi connectivity index (χ3n) is 7.28. The third kappa shape index (κ3) is 27.3. The van der Waals surface area contributed by atoms with E-state index in [0.29, 0.717) is 6.42 Å². The molecule has 4 unspecified atom stereocenters. The van der Waals surface area contributed by atoms with E-state index < -0.39 is 102 Å². The van der Waals surface area contributed by atoms with Gasteiger partial charge in [-0.3, -0.25) is 24.5 Å². The van der Waals surface area contributed by atoms with Gasteiger partial charge in [-0.25, -0.2) is 0 Å². The zero-order valence-electron chi connectivity index (χ0n) is 30.9. The number of carbonyl (C=O) groups excluding carboxylic acids is 8. The van der Waals surface area contributed by atoms with Crippen molar-refractivity contribution in [3.63, 3.8) is 0 Å². The van der Waals surface area contributed by atoms with Crippen molar-refractivity contribution in [2.24, 2.45) is 0 Å². The Morgan fingerprint density at radius 2 is 1.09 bits per heavy atom. The van der Waals surface area contributed by atoms with Crippen molar-refractivity contribution in [2.45, 2.75) is 129 Å². The molecule has 2 amide bonds. The van der Waals surface area contributed by atoms with Gasteiger partial charge in [0.1, 0.15) is 11.4 Å². The Balaban J connectivity index is -0.000000705. The summed E-state index contributed by atoms with van der Waals surface area (Å²) in [7, 11) is 1.43. The van der Waals surface area contributed by atoms with Crippen LogP contribution in [0.4, 0.5) is 0 Å². The van der Waals surface area contributed by atoms with Gasteiger partial charge in [-0.05, 0) is 66.3 Å². The van der Waals surface area contributed by atoms with E-state index in [1.54, 1.807) is 0 Å². The Kier molecular flexibility index (Phi) is 42.2. The number of carboxylic acids is 4. The summed E-state index contributed by atoms with van der Waals surface area (Å²) in [5, 5.41) is 75.8. The van der Waals surface area contributed by atoms with Gasteiger partial charge in [0.15, 0.2) is 11.4 Å². The van der Waals surface area contributed by atoms with Crippen LogP contribution in [0.15, 0.2) is 0 Å². The van der Waals surface area contributed by atoms with Crippen molar-refractivity contribution < 1.29 is 187 Å². The quantitative estimate of drug-likeness (QED) is 0.0350. The molecule has 0 heterocycles. The van der Waals surface area contributed by atoms with E-state index in [1.165, 1.54) is 20.9 Å². The summed E-state index contributed by atoms with van der Waals surface area (Å²) < 4.78 is 0. The molecule has 0 radical (unpaired) electrons. The second kappa shape index (κ2) is 33.0. The smallest absolute Gasteiger partial charge is 0.550 e. The van der Waals surface area contributed by atoms with E-state index in [-0.39, 0.29) is 178 Å². The van der Waals surface area contributed by atoms with E-state index in [9.17, 15) is 69.0 Å². The predicted molar refractivity (Wildman–Crippen MR) is 165 cm³/mol. The first kappa shape index (κ1) is 67.7. The van der Waals surface area contributed by atoms with Crippen LogP contribution in [0.1, 0.15) is 99.8 Å². The SMILES string of the molecule is C.C.CNC(CCCCNC(=O)C(O)(CC(=O)[O-])CC(=O)C(C)(C)NC(CCCCNC(=O)CC(O)(CC(C)=O)C(=O)[O-])C(=O)[O-])C(=O)[O-].[Na+].[Na+].[Na+].[Na+]. The Morgan fingerprint density at radius 3 is 1.49 bits per heavy atom. The number of hydrogen-bond acceptors (Lipinski definition) is 16. The molecule has 18 nitrogen and oxygen atoms in total. The van der Waals surface area contributed by atoms with E-state index in [0.717, 1.165) is 6.92 Å². The molecule has 0 rings (SSSR count). The normalized spacial score (nSPS) is 13.5. The number of carbonyl (C=O) groups is 8. The maximum atomic E-state index is 13.1. The molecule has 0 fully saturated rings. The van der Waals surface area contributed by atoms with Crippen LogP contribution in [0, 0.1) is 0 Å². The van der Waals surface area contributed by atoms with Crippen LogP contribution in [0.25, 0.3) is 0 Å². The zero-order chi connectivity index (χ0) is 36.6. The summed E-state index contributed by atoms with van der Waals surface area (Å²) in [5.41, 5.74) is -7.17. The summed E-state index contributed by atoms with van der Waals surface area (Å²) in [6.07, 6.45) is -3.18. The minimum absolute atomic E-state index is 0. The third-order valence-corrected chi connectivity index (χ3v) is 7.28. The fourth-order valence-corrected chi connectivity index (χ4v) is 4.58. The van der Waals surface area contributed by atoms with Crippen molar-refractivity contribution in [3.8, 4) is 0 Å². The molecule has 0 aliphatic heterocycles. The first-order valence-corrected chi connectivity index (χ1v) is 14.9. The minimum atomic E-state index is -2.75. The van der Waals surface area contributed by atoms with Crippen molar-refractivity contribution in [3.05, 3.63) is 0 Å². The number of nitrogens with one attached hydrogen (secondary N) is 4. The number of ketones is 2. The van der Waals surface area contributed by atoms with Crippen molar-refractivity contribution in [1.29, 1.82) is 0 Å². The molecule has 4 atom stereocenters. The minimum Gasteiger partial charge on any atom is -0.550 e. The molecule has 0 aromatic carbocycles. The van der Waals surface area contributed by atoms with E-state index in [4.69, 9.17) is 0 Å². The number of aliphatic carboxylic acids is 4. The summed E-state index contributed by atoms with van der Waals surface area (Å²) in [4.78, 5) is 94.3. The van der Waals surface area contributed by atoms with E-state index in [1.807, 2.05) is 0 Å². The van der Waals surface area contributed by atoms with Gasteiger partial charge >= 0.3 is 118 Å². The number of hydrogen-bond donors (Lipinski definition) is 6. The number of carboxylic acid groups (broad SMARTS) is 4. The van der Waals surface area contributed by atoms with Gasteiger partial charge in [0.2, 0.25) is 5.91 Å². The van der Waals surface area contributed by atoms with Crippen LogP contribution in [-0.2, 0) is 38.4 Å². The molecule has 0 aliphatic rings. The van der Waals surface area contributed by atoms with Gasteiger partial charge in [-0.15, -0.1) is 0 Å². The summed E-state index contributed by atoms with van der Waals surface area (Å²) >= 11 is 0. The van der Waals surface area contributed by atoms with Crippen LogP contribution >= 0.6 is 0 Å². The topological polar surface area (TPSA) is 317 Å². The molecular formula is C31H52N4Na4O14. The van der Waals surface area contributed by atoms with Gasteiger partial charge in [-0.1, -0.05) is 14.9 Å². The molecule has 22 heteroatoms. The van der Waals surface area contributed by atoms with Crippen LogP contribution in [-0.4, -0.2) is 106 Å². The molecule has 0 aromatic rings. The number of unbranched alkanes of at least 4 members (excludes halogenated alkanes) is 2. The summed E-state index contributed by atoms with van der Waals surface area (Å²) in [6.45, 7) is 3.37. The van der Waals surface area contributed by atoms with Gasteiger partial charge in [0, 0.05) is 50.4 Å². The van der Waals surface area contributed by atoms with E-state index >= 15 is 0 Å². The molecule has 0 aromatic heterocycles. The first-order valence-electron chi connectivity index (χ1n) is 14.9. The number of rotatable bonds is 26. The number of amides is 2. The molecular weight excluding hydrogens is 744 g/mol. The maximum Gasteiger partial charge on any atom is 1.00 e. The van der Waals surface area contributed by atoms with Crippen molar-refractivity contribution in [1.82, 2.24) is 21.3 Å². The van der Waals surface area contributed by atoms with Gasteiger partial charge in [0.05, 0.1) is 29.9 Å². The largest absolute Gasteiger partial charge is 1.00 e. The monoisotopic (exact) mass is 796 g/mol. The van der Waals surface area contributed by atoms with Crippen LogP contribution in [0.2, 0.25) is 0 Å². The van der Waals surface area contributed by atoms with Crippen LogP contribution < -0.4 is 160 Å². The molecule has 0 aliphatic carbocycles. The molecule has 284 valence electrons. The molecule has 0 bridgehead atoms. The Bertz CT molecular complexity index is 1180. The van der Waals surface area contributed by atoms with Crippen LogP contribution in [0.3, 0.4) is 0 Å². The predicted octanol–water partition coefficient (Wildman–Crippen LogP) is -17.6. The maximum absolute atomic E-state index is 13.1.